The highest BCUT2D eigenvalue weighted by molar-refractivity contribution is 6.88. The molecule has 1 unspecified atom stereocenters. The molecule has 0 radical (unpaired) electrons. The predicted octanol–water partition coefficient (Wildman–Crippen LogP) is 4.08. The fourth-order valence-corrected chi connectivity index (χ4v) is 3.42. The van der Waals surface area contributed by atoms with E-state index in [0.717, 1.165) is 6.54 Å². The molecule has 0 heterocycles. The number of benzene rings is 2. The maximum Gasteiger partial charge on any atom is 0.0775 e. The number of nitrogens with one attached hydrogen (secondary N) is 1. The average Bonchev–Trinajstić information content (AvgIpc) is 2.45. The highest BCUT2D eigenvalue weighted by Gasteiger charge is 2.15. The molecule has 2 aromatic carbocycles. The zero-order chi connectivity index (χ0) is 14.6. The first-order valence-electron chi connectivity index (χ1n) is 7.34. The molecule has 0 aromatic heterocycles. The molecule has 0 aliphatic heterocycles. The predicted molar refractivity (Wildman–Crippen MR) is 91.1 cm³/mol. The third-order valence-electron chi connectivity index (χ3n) is 3.73. The van der Waals surface area contributed by atoms with Crippen LogP contribution in [0.1, 0.15) is 24.1 Å². The smallest absolute Gasteiger partial charge is 0.0775 e. The normalized spacial score (nSPS) is 13.2. The van der Waals surface area contributed by atoms with Gasteiger partial charge in [-0.2, -0.15) is 0 Å². The van der Waals surface area contributed by atoms with E-state index in [9.17, 15) is 0 Å². The first-order valence-corrected chi connectivity index (χ1v) is 10.8. The van der Waals surface area contributed by atoms with Crippen LogP contribution in [0, 0.1) is 0 Å². The zero-order valence-corrected chi connectivity index (χ0v) is 14.0. The molecule has 0 aliphatic rings. The van der Waals surface area contributed by atoms with Crippen molar-refractivity contribution in [2.45, 2.75) is 39.2 Å². The van der Waals surface area contributed by atoms with Gasteiger partial charge in [0.2, 0.25) is 0 Å². The van der Waals surface area contributed by atoms with Crippen LogP contribution in [0.3, 0.4) is 0 Å². The molecule has 1 atom stereocenters. The SMILES string of the molecule is CC(NCc1ccc([Si](C)(C)C)cc1)c1ccccc1. The highest BCUT2D eigenvalue weighted by atomic mass is 28.3. The molecule has 0 saturated heterocycles. The Morgan fingerprint density at radius 2 is 1.50 bits per heavy atom. The first-order chi connectivity index (χ1) is 9.47. The standard InChI is InChI=1S/C18H25NSi/c1-15(17-8-6-5-7-9-17)19-14-16-10-12-18(13-11-16)20(2,3)4/h5-13,15,19H,14H2,1-4H3. The number of rotatable bonds is 5. The summed E-state index contributed by atoms with van der Waals surface area (Å²) in [6.07, 6.45) is 0. The second kappa shape index (κ2) is 6.38. The molecule has 0 amide bonds. The summed E-state index contributed by atoms with van der Waals surface area (Å²) >= 11 is 0. The molecule has 0 aliphatic carbocycles. The quantitative estimate of drug-likeness (QED) is 0.815. The summed E-state index contributed by atoms with van der Waals surface area (Å²) in [5, 5.41) is 5.11. The van der Waals surface area contributed by atoms with Gasteiger partial charge in [0.1, 0.15) is 0 Å². The van der Waals surface area contributed by atoms with Gasteiger partial charge in [0.15, 0.2) is 0 Å². The molecule has 1 N–H and O–H groups in total. The largest absolute Gasteiger partial charge is 0.306 e. The van der Waals surface area contributed by atoms with Crippen molar-refractivity contribution < 1.29 is 0 Å². The van der Waals surface area contributed by atoms with Gasteiger partial charge in [-0.05, 0) is 18.1 Å². The van der Waals surface area contributed by atoms with Crippen LogP contribution < -0.4 is 10.5 Å². The molecule has 0 spiro atoms. The lowest BCUT2D eigenvalue weighted by Crippen LogP contribution is -2.37. The fourth-order valence-electron chi connectivity index (χ4n) is 2.25. The molecule has 2 heteroatoms. The lowest BCUT2D eigenvalue weighted by Gasteiger charge is -2.18. The summed E-state index contributed by atoms with van der Waals surface area (Å²) in [5.41, 5.74) is 2.70. The van der Waals surface area contributed by atoms with E-state index in [4.69, 9.17) is 0 Å². The van der Waals surface area contributed by atoms with Gasteiger partial charge in [-0.3, -0.25) is 0 Å². The molecule has 2 aromatic rings. The van der Waals surface area contributed by atoms with Crippen molar-refractivity contribution in [2.24, 2.45) is 0 Å². The van der Waals surface area contributed by atoms with Gasteiger partial charge in [0.25, 0.3) is 0 Å². The second-order valence-electron chi connectivity index (χ2n) is 6.46. The van der Waals surface area contributed by atoms with Gasteiger partial charge in [-0.15, -0.1) is 0 Å². The van der Waals surface area contributed by atoms with Crippen LogP contribution in [-0.4, -0.2) is 8.07 Å². The Bertz CT molecular complexity index is 526. The van der Waals surface area contributed by atoms with Crippen molar-refractivity contribution in [3.8, 4) is 0 Å². The van der Waals surface area contributed by atoms with Gasteiger partial charge in [0, 0.05) is 12.6 Å². The molecule has 1 nitrogen and oxygen atoms in total. The van der Waals surface area contributed by atoms with Crippen LogP contribution >= 0.6 is 0 Å². The summed E-state index contributed by atoms with van der Waals surface area (Å²) in [5.74, 6) is 0. The van der Waals surface area contributed by atoms with Gasteiger partial charge in [-0.1, -0.05) is 79.4 Å². The molecule has 0 fully saturated rings. The Balaban J connectivity index is 1.94. The van der Waals surface area contributed by atoms with Gasteiger partial charge >= 0.3 is 0 Å². The summed E-state index contributed by atoms with van der Waals surface area (Å²) in [7, 11) is -1.17. The van der Waals surface area contributed by atoms with Crippen molar-refractivity contribution >= 4 is 13.3 Å². The van der Waals surface area contributed by atoms with Gasteiger partial charge in [0.05, 0.1) is 8.07 Å². The van der Waals surface area contributed by atoms with E-state index in [1.165, 1.54) is 16.3 Å². The Morgan fingerprint density at radius 3 is 2.05 bits per heavy atom. The second-order valence-corrected chi connectivity index (χ2v) is 11.5. The highest BCUT2D eigenvalue weighted by Crippen LogP contribution is 2.12. The van der Waals surface area contributed by atoms with E-state index >= 15 is 0 Å². The monoisotopic (exact) mass is 283 g/mol. The van der Waals surface area contributed by atoms with Gasteiger partial charge < -0.3 is 5.32 Å². The average molecular weight is 283 g/mol. The van der Waals surface area contributed by atoms with Crippen molar-refractivity contribution in [1.82, 2.24) is 5.32 Å². The minimum Gasteiger partial charge on any atom is -0.306 e. The van der Waals surface area contributed by atoms with Crippen LogP contribution in [0.5, 0.6) is 0 Å². The third kappa shape index (κ3) is 4.05. The molecule has 20 heavy (non-hydrogen) atoms. The summed E-state index contributed by atoms with van der Waals surface area (Å²) in [4.78, 5) is 0. The van der Waals surface area contributed by atoms with E-state index < -0.39 is 8.07 Å². The lowest BCUT2D eigenvalue weighted by atomic mass is 10.1. The van der Waals surface area contributed by atoms with Crippen LogP contribution in [0.15, 0.2) is 54.6 Å². The zero-order valence-electron chi connectivity index (χ0n) is 13.0. The van der Waals surface area contributed by atoms with Gasteiger partial charge in [-0.25, -0.2) is 0 Å². The topological polar surface area (TPSA) is 12.0 Å². The Labute approximate surface area is 124 Å². The molecule has 0 bridgehead atoms. The van der Waals surface area contributed by atoms with Crippen LogP contribution in [0.4, 0.5) is 0 Å². The van der Waals surface area contributed by atoms with E-state index in [1.807, 2.05) is 0 Å². The van der Waals surface area contributed by atoms with E-state index in [0.29, 0.717) is 6.04 Å². The van der Waals surface area contributed by atoms with Crippen molar-refractivity contribution in [2.75, 3.05) is 0 Å². The Kier molecular flexibility index (Phi) is 4.79. The molecule has 0 saturated carbocycles. The van der Waals surface area contributed by atoms with E-state index in [-0.39, 0.29) is 0 Å². The van der Waals surface area contributed by atoms with Crippen LogP contribution in [0.2, 0.25) is 19.6 Å². The van der Waals surface area contributed by atoms with E-state index in [2.05, 4.69) is 86.5 Å². The molecular formula is C18H25NSi. The lowest BCUT2D eigenvalue weighted by molar-refractivity contribution is 0.575. The van der Waals surface area contributed by atoms with Crippen LogP contribution in [0.25, 0.3) is 0 Å². The Hall–Kier alpha value is -1.38. The minimum absolute atomic E-state index is 0.382. The maximum absolute atomic E-state index is 3.58. The molecule has 106 valence electrons. The Morgan fingerprint density at radius 1 is 0.900 bits per heavy atom. The number of hydrogen-bond donors (Lipinski definition) is 1. The van der Waals surface area contributed by atoms with Crippen molar-refractivity contribution in [3.05, 3.63) is 65.7 Å². The molecule has 2 rings (SSSR count). The minimum atomic E-state index is -1.17. The van der Waals surface area contributed by atoms with E-state index in [1.54, 1.807) is 0 Å². The van der Waals surface area contributed by atoms with Crippen molar-refractivity contribution in [1.29, 1.82) is 0 Å². The third-order valence-corrected chi connectivity index (χ3v) is 5.80. The molecular weight excluding hydrogens is 258 g/mol. The summed E-state index contributed by atoms with van der Waals surface area (Å²) < 4.78 is 0. The summed E-state index contributed by atoms with van der Waals surface area (Å²) in [6.45, 7) is 10.3. The first kappa shape index (κ1) is 15.0. The van der Waals surface area contributed by atoms with Crippen molar-refractivity contribution in [3.63, 3.8) is 0 Å². The summed E-state index contributed by atoms with van der Waals surface area (Å²) in [6, 6.07) is 20.1. The maximum atomic E-state index is 3.58. The number of hydrogen-bond acceptors (Lipinski definition) is 1. The van der Waals surface area contributed by atoms with Crippen LogP contribution in [-0.2, 0) is 6.54 Å². The fraction of sp³-hybridized carbons (Fsp3) is 0.333.